The number of rotatable bonds is 3. The van der Waals surface area contributed by atoms with Gasteiger partial charge in [-0.15, -0.1) is 0 Å². The SMILES string of the molecule is NNC(c1ccc(Cl)cc1)c1ncn[nH]1. The van der Waals surface area contributed by atoms with E-state index in [9.17, 15) is 0 Å². The van der Waals surface area contributed by atoms with Crippen LogP contribution in [0.4, 0.5) is 0 Å². The van der Waals surface area contributed by atoms with Crippen molar-refractivity contribution >= 4 is 11.6 Å². The Morgan fingerprint density at radius 2 is 2.07 bits per heavy atom. The maximum Gasteiger partial charge on any atom is 0.147 e. The molecule has 0 fully saturated rings. The molecule has 1 aromatic carbocycles. The van der Waals surface area contributed by atoms with Gasteiger partial charge >= 0.3 is 0 Å². The lowest BCUT2D eigenvalue weighted by atomic mass is 10.1. The Hall–Kier alpha value is -1.43. The molecule has 0 saturated heterocycles. The number of H-pyrrole nitrogens is 1. The first-order valence-corrected chi connectivity index (χ1v) is 4.76. The van der Waals surface area contributed by atoms with Gasteiger partial charge in [-0.3, -0.25) is 10.9 Å². The highest BCUT2D eigenvalue weighted by Crippen LogP contribution is 2.19. The lowest BCUT2D eigenvalue weighted by Gasteiger charge is -2.12. The Kier molecular flexibility index (Phi) is 2.96. The quantitative estimate of drug-likeness (QED) is 0.536. The maximum absolute atomic E-state index is 5.80. The van der Waals surface area contributed by atoms with E-state index in [1.165, 1.54) is 6.33 Å². The van der Waals surface area contributed by atoms with E-state index in [1.807, 2.05) is 12.1 Å². The molecule has 5 nitrogen and oxygen atoms in total. The molecular weight excluding hydrogens is 214 g/mol. The van der Waals surface area contributed by atoms with Crippen LogP contribution in [0.25, 0.3) is 0 Å². The van der Waals surface area contributed by atoms with Crippen molar-refractivity contribution in [2.45, 2.75) is 6.04 Å². The van der Waals surface area contributed by atoms with Crippen molar-refractivity contribution in [2.24, 2.45) is 5.84 Å². The van der Waals surface area contributed by atoms with Crippen LogP contribution in [0.3, 0.4) is 0 Å². The standard InChI is InChI=1S/C9H10ClN5/c10-7-3-1-6(2-4-7)8(14-11)9-12-5-13-15-9/h1-5,8,14H,11H2,(H,12,13,15). The summed E-state index contributed by atoms with van der Waals surface area (Å²) >= 11 is 5.80. The average molecular weight is 224 g/mol. The van der Waals surface area contributed by atoms with E-state index in [2.05, 4.69) is 20.6 Å². The molecular formula is C9H10ClN5. The van der Waals surface area contributed by atoms with Gasteiger partial charge in [-0.1, -0.05) is 23.7 Å². The van der Waals surface area contributed by atoms with E-state index >= 15 is 0 Å². The van der Waals surface area contributed by atoms with Crippen LogP contribution < -0.4 is 11.3 Å². The third-order valence-electron chi connectivity index (χ3n) is 2.08. The van der Waals surface area contributed by atoms with E-state index < -0.39 is 0 Å². The molecule has 0 aliphatic heterocycles. The largest absolute Gasteiger partial charge is 0.270 e. The summed E-state index contributed by atoms with van der Waals surface area (Å²) in [6.45, 7) is 0. The van der Waals surface area contributed by atoms with Crippen molar-refractivity contribution in [1.29, 1.82) is 0 Å². The topological polar surface area (TPSA) is 79.6 Å². The molecule has 1 atom stereocenters. The third-order valence-corrected chi connectivity index (χ3v) is 2.33. The molecule has 0 aliphatic rings. The van der Waals surface area contributed by atoms with Crippen LogP contribution >= 0.6 is 11.6 Å². The molecule has 0 radical (unpaired) electrons. The van der Waals surface area contributed by atoms with E-state index in [-0.39, 0.29) is 6.04 Å². The monoisotopic (exact) mass is 223 g/mol. The molecule has 0 saturated carbocycles. The van der Waals surface area contributed by atoms with Gasteiger partial charge in [-0.2, -0.15) is 5.10 Å². The van der Waals surface area contributed by atoms with E-state index in [1.54, 1.807) is 12.1 Å². The van der Waals surface area contributed by atoms with Gasteiger partial charge in [0.05, 0.1) is 0 Å². The van der Waals surface area contributed by atoms with Gasteiger partial charge in [0, 0.05) is 5.02 Å². The van der Waals surface area contributed by atoms with Crippen molar-refractivity contribution in [3.63, 3.8) is 0 Å². The summed E-state index contributed by atoms with van der Waals surface area (Å²) in [5.41, 5.74) is 3.63. The van der Waals surface area contributed by atoms with Gasteiger partial charge in [0.15, 0.2) is 0 Å². The first-order valence-electron chi connectivity index (χ1n) is 4.38. The number of hydrogen-bond acceptors (Lipinski definition) is 4. The fraction of sp³-hybridized carbons (Fsp3) is 0.111. The number of aromatic amines is 1. The van der Waals surface area contributed by atoms with Crippen molar-refractivity contribution in [1.82, 2.24) is 20.6 Å². The predicted molar refractivity (Wildman–Crippen MR) is 57.0 cm³/mol. The molecule has 78 valence electrons. The summed E-state index contributed by atoms with van der Waals surface area (Å²) in [5.74, 6) is 6.13. The second-order valence-corrected chi connectivity index (χ2v) is 3.46. The van der Waals surface area contributed by atoms with Crippen LogP contribution in [0.5, 0.6) is 0 Å². The fourth-order valence-electron chi connectivity index (χ4n) is 1.34. The summed E-state index contributed by atoms with van der Waals surface area (Å²) in [6, 6.07) is 7.17. The molecule has 2 rings (SSSR count). The second kappa shape index (κ2) is 4.39. The zero-order valence-corrected chi connectivity index (χ0v) is 8.57. The Morgan fingerprint density at radius 1 is 1.33 bits per heavy atom. The highest BCUT2D eigenvalue weighted by Gasteiger charge is 2.14. The number of hydrazine groups is 1. The zero-order chi connectivity index (χ0) is 10.7. The number of benzene rings is 1. The van der Waals surface area contributed by atoms with Crippen LogP contribution in [0, 0.1) is 0 Å². The number of nitrogens with two attached hydrogens (primary N) is 1. The number of nitrogens with one attached hydrogen (secondary N) is 2. The Morgan fingerprint density at radius 3 is 2.60 bits per heavy atom. The molecule has 6 heteroatoms. The fourth-order valence-corrected chi connectivity index (χ4v) is 1.47. The summed E-state index contributed by atoms with van der Waals surface area (Å²) in [4.78, 5) is 4.04. The van der Waals surface area contributed by atoms with E-state index in [4.69, 9.17) is 17.4 Å². The minimum Gasteiger partial charge on any atom is -0.270 e. The Bertz CT molecular complexity index is 411. The lowest BCUT2D eigenvalue weighted by Crippen LogP contribution is -2.29. The molecule has 2 aromatic rings. The molecule has 1 aromatic heterocycles. The molecule has 0 amide bonds. The Balaban J connectivity index is 2.31. The van der Waals surface area contributed by atoms with Gasteiger partial charge in [0.25, 0.3) is 0 Å². The van der Waals surface area contributed by atoms with Gasteiger partial charge < -0.3 is 0 Å². The summed E-state index contributed by atoms with van der Waals surface area (Å²) in [5, 5.41) is 7.23. The molecule has 1 unspecified atom stereocenters. The van der Waals surface area contributed by atoms with Crippen LogP contribution in [-0.2, 0) is 0 Å². The Labute approximate surface area is 91.6 Å². The van der Waals surface area contributed by atoms with Crippen LogP contribution in [-0.4, -0.2) is 15.2 Å². The van der Waals surface area contributed by atoms with Crippen LogP contribution in [0.2, 0.25) is 5.02 Å². The molecule has 0 bridgehead atoms. The van der Waals surface area contributed by atoms with Crippen molar-refractivity contribution < 1.29 is 0 Å². The lowest BCUT2D eigenvalue weighted by molar-refractivity contribution is 0.604. The number of aromatic nitrogens is 3. The smallest absolute Gasteiger partial charge is 0.147 e. The first kappa shape index (κ1) is 10.1. The normalized spacial score (nSPS) is 12.7. The van der Waals surface area contributed by atoms with Crippen LogP contribution in [0.15, 0.2) is 30.6 Å². The summed E-state index contributed by atoms with van der Waals surface area (Å²) in [6.07, 6.45) is 1.44. The highest BCUT2D eigenvalue weighted by atomic mass is 35.5. The second-order valence-electron chi connectivity index (χ2n) is 3.02. The minimum absolute atomic E-state index is 0.204. The first-order chi connectivity index (χ1) is 7.31. The van der Waals surface area contributed by atoms with Gasteiger partial charge in [0.1, 0.15) is 18.2 Å². The summed E-state index contributed by atoms with van der Waals surface area (Å²) in [7, 11) is 0. The highest BCUT2D eigenvalue weighted by molar-refractivity contribution is 6.30. The number of halogens is 1. The predicted octanol–water partition coefficient (Wildman–Crippen LogP) is 1.01. The number of hydrogen-bond donors (Lipinski definition) is 3. The van der Waals surface area contributed by atoms with Crippen molar-refractivity contribution in [2.75, 3.05) is 0 Å². The van der Waals surface area contributed by atoms with Crippen molar-refractivity contribution in [3.8, 4) is 0 Å². The minimum atomic E-state index is -0.204. The third kappa shape index (κ3) is 2.15. The molecule has 15 heavy (non-hydrogen) atoms. The van der Waals surface area contributed by atoms with E-state index in [0.29, 0.717) is 10.8 Å². The molecule has 4 N–H and O–H groups in total. The summed E-state index contributed by atoms with van der Waals surface area (Å²) < 4.78 is 0. The molecule has 0 spiro atoms. The van der Waals surface area contributed by atoms with Crippen molar-refractivity contribution in [3.05, 3.63) is 47.0 Å². The zero-order valence-electron chi connectivity index (χ0n) is 7.81. The molecule has 0 aliphatic carbocycles. The van der Waals surface area contributed by atoms with Gasteiger partial charge in [0.2, 0.25) is 0 Å². The van der Waals surface area contributed by atoms with Gasteiger partial charge in [-0.05, 0) is 17.7 Å². The number of nitrogens with zero attached hydrogens (tertiary/aromatic N) is 2. The molecule has 1 heterocycles. The maximum atomic E-state index is 5.80. The average Bonchev–Trinajstić information content (AvgIpc) is 2.75. The van der Waals surface area contributed by atoms with Gasteiger partial charge in [-0.25, -0.2) is 10.4 Å². The van der Waals surface area contributed by atoms with E-state index in [0.717, 1.165) is 5.56 Å². The van der Waals surface area contributed by atoms with Crippen LogP contribution in [0.1, 0.15) is 17.4 Å².